The minimum Gasteiger partial charge on any atom is -0.0889 e. The Balaban J connectivity index is 1.75. The number of hydrogen-bond acceptors (Lipinski definition) is 1. The lowest BCUT2D eigenvalue weighted by Crippen LogP contribution is -1.90. The van der Waals surface area contributed by atoms with Crippen molar-refractivity contribution >= 4 is 29.4 Å². The van der Waals surface area contributed by atoms with Crippen molar-refractivity contribution in [1.29, 1.82) is 0 Å². The zero-order chi connectivity index (χ0) is 14.5. The second-order valence-corrected chi connectivity index (χ2v) is 6.40. The van der Waals surface area contributed by atoms with E-state index in [-0.39, 0.29) is 0 Å². The van der Waals surface area contributed by atoms with Crippen molar-refractivity contribution in [1.82, 2.24) is 0 Å². The third kappa shape index (κ3) is 3.90. The van der Waals surface area contributed by atoms with E-state index in [4.69, 9.17) is 11.6 Å². The molecule has 21 heavy (non-hydrogen) atoms. The van der Waals surface area contributed by atoms with Gasteiger partial charge in [0.15, 0.2) is 0 Å². The number of hydrogen-bond donors (Lipinski definition) is 0. The van der Waals surface area contributed by atoms with E-state index in [9.17, 15) is 0 Å². The molecule has 0 saturated heterocycles. The van der Waals surface area contributed by atoms with Gasteiger partial charge in [-0.25, -0.2) is 0 Å². The summed E-state index contributed by atoms with van der Waals surface area (Å²) in [6, 6.07) is 20.7. The van der Waals surface area contributed by atoms with E-state index in [1.165, 1.54) is 16.0 Å². The van der Waals surface area contributed by atoms with Gasteiger partial charge in [0.25, 0.3) is 0 Å². The molecule has 2 heteroatoms. The molecule has 0 radical (unpaired) electrons. The highest BCUT2D eigenvalue weighted by Gasteiger charge is 2.11. The van der Waals surface area contributed by atoms with Crippen molar-refractivity contribution in [3.63, 3.8) is 0 Å². The number of allylic oxidation sites excluding steroid dienone is 4. The Labute approximate surface area is 134 Å². The van der Waals surface area contributed by atoms with Crippen LogP contribution < -0.4 is 0 Å². The first-order valence-corrected chi connectivity index (χ1v) is 8.06. The maximum atomic E-state index is 6.46. The van der Waals surface area contributed by atoms with Gasteiger partial charge in [-0.2, -0.15) is 0 Å². The Hall–Kier alpha value is -1.70. The minimum absolute atomic E-state index is 0.794. The number of rotatable bonds is 3. The normalized spacial score (nSPS) is 16.5. The molecular formula is C19H15ClS. The third-order valence-corrected chi connectivity index (χ3v) is 4.76. The van der Waals surface area contributed by atoms with Crippen LogP contribution in [0.25, 0.3) is 6.08 Å². The Morgan fingerprint density at radius 2 is 1.52 bits per heavy atom. The molecular weight excluding hydrogens is 296 g/mol. The molecule has 2 aromatic carbocycles. The van der Waals surface area contributed by atoms with E-state index in [1.54, 1.807) is 11.8 Å². The molecule has 0 amide bonds. The second-order valence-electron chi connectivity index (χ2n) is 4.82. The fourth-order valence-corrected chi connectivity index (χ4v) is 3.36. The van der Waals surface area contributed by atoms with Gasteiger partial charge in [0.2, 0.25) is 0 Å². The van der Waals surface area contributed by atoms with Crippen molar-refractivity contribution in [2.45, 2.75) is 11.3 Å². The molecule has 0 unspecified atom stereocenters. The van der Waals surface area contributed by atoms with Gasteiger partial charge in [0.1, 0.15) is 0 Å². The molecule has 0 heterocycles. The van der Waals surface area contributed by atoms with Crippen LogP contribution in [0.3, 0.4) is 0 Å². The summed E-state index contributed by atoms with van der Waals surface area (Å²) < 4.78 is 0. The molecule has 1 aliphatic rings. The lowest BCUT2D eigenvalue weighted by atomic mass is 10.0. The summed E-state index contributed by atoms with van der Waals surface area (Å²) in [6.07, 6.45) is 7.24. The predicted molar refractivity (Wildman–Crippen MR) is 93.4 cm³/mol. The topological polar surface area (TPSA) is 0 Å². The van der Waals surface area contributed by atoms with E-state index in [0.29, 0.717) is 0 Å². The molecule has 2 aromatic rings. The van der Waals surface area contributed by atoms with Crippen LogP contribution in [0.15, 0.2) is 93.2 Å². The molecule has 3 rings (SSSR count). The molecule has 0 fully saturated rings. The zero-order valence-electron chi connectivity index (χ0n) is 11.5. The zero-order valence-corrected chi connectivity index (χ0v) is 13.1. The SMILES string of the molecule is ClC1=C(Sc2ccccc2)C=CC(=Cc2ccccc2)C1. The molecule has 0 bridgehead atoms. The summed E-state index contributed by atoms with van der Waals surface area (Å²) in [7, 11) is 0. The highest BCUT2D eigenvalue weighted by atomic mass is 35.5. The minimum atomic E-state index is 0.794. The molecule has 0 aliphatic heterocycles. The Morgan fingerprint density at radius 1 is 0.857 bits per heavy atom. The first kappa shape index (κ1) is 14.2. The van der Waals surface area contributed by atoms with Gasteiger partial charge < -0.3 is 0 Å². The van der Waals surface area contributed by atoms with Gasteiger partial charge in [0.05, 0.1) is 0 Å². The smallest absolute Gasteiger partial charge is 0.0364 e. The van der Waals surface area contributed by atoms with Gasteiger partial charge in [-0.05, 0) is 29.3 Å². The van der Waals surface area contributed by atoms with Crippen molar-refractivity contribution in [3.05, 3.63) is 93.9 Å². The van der Waals surface area contributed by atoms with Crippen molar-refractivity contribution in [2.75, 3.05) is 0 Å². The third-order valence-electron chi connectivity index (χ3n) is 3.20. The summed E-state index contributed by atoms with van der Waals surface area (Å²) in [4.78, 5) is 2.35. The average Bonchev–Trinajstić information content (AvgIpc) is 2.52. The largest absolute Gasteiger partial charge is 0.0889 e. The number of benzene rings is 2. The van der Waals surface area contributed by atoms with E-state index in [0.717, 1.165) is 16.4 Å². The van der Waals surface area contributed by atoms with Crippen LogP contribution in [-0.2, 0) is 0 Å². The lowest BCUT2D eigenvalue weighted by Gasteiger charge is -2.13. The molecule has 0 saturated carbocycles. The monoisotopic (exact) mass is 310 g/mol. The summed E-state index contributed by atoms with van der Waals surface area (Å²) in [5, 5.41) is 0.911. The molecule has 1 aliphatic carbocycles. The van der Waals surface area contributed by atoms with Crippen LogP contribution >= 0.6 is 23.4 Å². The van der Waals surface area contributed by atoms with E-state index >= 15 is 0 Å². The average molecular weight is 311 g/mol. The molecule has 0 nitrogen and oxygen atoms in total. The Morgan fingerprint density at radius 3 is 2.19 bits per heavy atom. The van der Waals surface area contributed by atoms with Gasteiger partial charge in [0, 0.05) is 21.3 Å². The van der Waals surface area contributed by atoms with Gasteiger partial charge in [-0.3, -0.25) is 0 Å². The predicted octanol–water partition coefficient (Wildman–Crippen LogP) is 6.27. The van der Waals surface area contributed by atoms with Crippen molar-refractivity contribution in [2.24, 2.45) is 0 Å². The van der Waals surface area contributed by atoms with E-state index in [2.05, 4.69) is 42.5 Å². The fraction of sp³-hybridized carbons (Fsp3) is 0.0526. The van der Waals surface area contributed by atoms with Crippen LogP contribution in [0.5, 0.6) is 0 Å². The van der Waals surface area contributed by atoms with Crippen LogP contribution in [0.1, 0.15) is 12.0 Å². The summed E-state index contributed by atoms with van der Waals surface area (Å²) in [5.41, 5.74) is 2.45. The summed E-state index contributed by atoms with van der Waals surface area (Å²) in [6.45, 7) is 0. The van der Waals surface area contributed by atoms with E-state index < -0.39 is 0 Å². The number of halogens is 1. The van der Waals surface area contributed by atoms with Crippen LogP contribution in [0.4, 0.5) is 0 Å². The summed E-state index contributed by atoms with van der Waals surface area (Å²) >= 11 is 8.17. The molecule has 0 atom stereocenters. The van der Waals surface area contributed by atoms with Crippen LogP contribution in [-0.4, -0.2) is 0 Å². The van der Waals surface area contributed by atoms with E-state index in [1.807, 2.05) is 36.4 Å². The highest BCUT2D eigenvalue weighted by Crippen LogP contribution is 2.37. The fourth-order valence-electron chi connectivity index (χ4n) is 2.17. The molecule has 0 N–H and O–H groups in total. The van der Waals surface area contributed by atoms with Gasteiger partial charge >= 0.3 is 0 Å². The Kier molecular flexibility index (Phi) is 4.64. The van der Waals surface area contributed by atoms with Crippen molar-refractivity contribution in [3.8, 4) is 0 Å². The maximum absolute atomic E-state index is 6.46. The van der Waals surface area contributed by atoms with Gasteiger partial charge in [-0.15, -0.1) is 0 Å². The molecule has 0 aromatic heterocycles. The van der Waals surface area contributed by atoms with Crippen molar-refractivity contribution < 1.29 is 0 Å². The number of thioether (sulfide) groups is 1. The Bertz CT molecular complexity index is 697. The van der Waals surface area contributed by atoms with Gasteiger partial charge in [-0.1, -0.05) is 84.0 Å². The van der Waals surface area contributed by atoms with Crippen LogP contribution in [0.2, 0.25) is 0 Å². The summed E-state index contributed by atoms with van der Waals surface area (Å²) in [5.74, 6) is 0. The quantitative estimate of drug-likeness (QED) is 0.643. The highest BCUT2D eigenvalue weighted by molar-refractivity contribution is 8.03. The maximum Gasteiger partial charge on any atom is 0.0364 e. The lowest BCUT2D eigenvalue weighted by molar-refractivity contribution is 1.24. The first-order valence-electron chi connectivity index (χ1n) is 6.86. The van der Waals surface area contributed by atoms with Crippen LogP contribution in [0, 0.1) is 0 Å². The standard InChI is InChI=1S/C19H15ClS/c20-18-14-16(13-15-7-3-1-4-8-15)11-12-19(18)21-17-9-5-2-6-10-17/h1-13H,14H2. The second kappa shape index (κ2) is 6.84. The molecule has 0 spiro atoms. The molecule has 104 valence electrons. The first-order chi connectivity index (χ1) is 10.3.